The van der Waals surface area contributed by atoms with Gasteiger partial charge in [-0.1, -0.05) is 23.2 Å². The number of aliphatic hydroxyl groups excluding tert-OH is 1. The fourth-order valence-corrected chi connectivity index (χ4v) is 1.55. The van der Waals surface area contributed by atoms with Gasteiger partial charge < -0.3 is 5.11 Å². The van der Waals surface area contributed by atoms with Crippen molar-refractivity contribution in [2.45, 2.75) is 13.5 Å². The topological polar surface area (TPSA) is 63.1 Å². The molecule has 0 saturated heterocycles. The summed E-state index contributed by atoms with van der Waals surface area (Å²) in [7, 11) is 0. The number of pyridine rings is 2. The molecule has 0 aliphatic carbocycles. The molecule has 0 spiro atoms. The van der Waals surface area contributed by atoms with E-state index in [0.717, 1.165) is 6.07 Å². The minimum absolute atomic E-state index is 0.0208. The van der Waals surface area contributed by atoms with Crippen molar-refractivity contribution in [3.63, 3.8) is 0 Å². The molecule has 0 aliphatic rings. The minimum atomic E-state index is -0.637. The molecule has 4 nitrogen and oxygen atoms in total. The van der Waals surface area contributed by atoms with Crippen LogP contribution in [-0.4, -0.2) is 20.9 Å². The van der Waals surface area contributed by atoms with Gasteiger partial charge in [-0.25, -0.2) is 18.7 Å². The summed E-state index contributed by atoms with van der Waals surface area (Å²) in [5, 5.41) is 8.79. The summed E-state index contributed by atoms with van der Waals surface area (Å²) in [6, 6.07) is 4.91. The van der Waals surface area contributed by atoms with E-state index in [-0.39, 0.29) is 21.7 Å². The van der Waals surface area contributed by atoms with Crippen LogP contribution in [0.5, 0.6) is 0 Å². The second-order valence-electron chi connectivity index (χ2n) is 3.74. The molecule has 2 aromatic rings. The molecule has 0 bridgehead atoms. The van der Waals surface area contributed by atoms with E-state index >= 15 is 0 Å². The van der Waals surface area contributed by atoms with Crippen LogP contribution in [0.1, 0.15) is 23.1 Å². The summed E-state index contributed by atoms with van der Waals surface area (Å²) in [6.07, 6.45) is 0. The lowest BCUT2D eigenvalue weighted by molar-refractivity contribution is 0.100. The second-order valence-corrected chi connectivity index (χ2v) is 4.52. The van der Waals surface area contributed by atoms with E-state index in [1.807, 2.05) is 0 Å². The van der Waals surface area contributed by atoms with Crippen LogP contribution in [0.25, 0.3) is 0 Å². The highest BCUT2D eigenvalue weighted by molar-refractivity contribution is 6.29. The number of Topliss-reactive ketones (excluding diaryl/α,β-unsaturated/α-hetero) is 1. The standard InChI is InChI=1S/C7H5ClFNO.C6H5ClFNO/c1-4(11)7-5(9)2-3-6(8)10-7;7-6-2-1-4(8)5(3-10)9-6/h2-3H,1H3;1-2,10H,3H2. The lowest BCUT2D eigenvalue weighted by Crippen LogP contribution is -2.00. The molecule has 0 atom stereocenters. The number of ketones is 1. The molecule has 0 saturated carbocycles. The van der Waals surface area contributed by atoms with Crippen molar-refractivity contribution in [1.82, 2.24) is 9.97 Å². The molecule has 0 radical (unpaired) electrons. The van der Waals surface area contributed by atoms with Crippen molar-refractivity contribution in [3.8, 4) is 0 Å². The first kappa shape index (κ1) is 17.4. The van der Waals surface area contributed by atoms with E-state index in [4.69, 9.17) is 28.3 Å². The van der Waals surface area contributed by atoms with E-state index in [2.05, 4.69) is 9.97 Å². The molecule has 0 fully saturated rings. The molecule has 112 valence electrons. The highest BCUT2D eigenvalue weighted by atomic mass is 35.5. The minimum Gasteiger partial charge on any atom is -0.390 e. The highest BCUT2D eigenvalue weighted by Gasteiger charge is 2.08. The lowest BCUT2D eigenvalue weighted by atomic mass is 10.3. The smallest absolute Gasteiger partial charge is 0.181 e. The van der Waals surface area contributed by atoms with E-state index in [9.17, 15) is 13.6 Å². The third kappa shape index (κ3) is 5.34. The molecule has 0 aliphatic heterocycles. The summed E-state index contributed by atoms with van der Waals surface area (Å²) in [5.74, 6) is -1.60. The van der Waals surface area contributed by atoms with Crippen LogP contribution in [0.4, 0.5) is 8.78 Å². The molecule has 0 amide bonds. The maximum Gasteiger partial charge on any atom is 0.181 e. The number of nitrogens with zero attached hydrogens (tertiary/aromatic N) is 2. The molecule has 2 rings (SSSR count). The normalized spacial score (nSPS) is 9.81. The summed E-state index contributed by atoms with van der Waals surface area (Å²) in [5.41, 5.74) is -0.231. The van der Waals surface area contributed by atoms with Crippen LogP contribution in [-0.2, 0) is 6.61 Å². The van der Waals surface area contributed by atoms with Crippen molar-refractivity contribution in [2.75, 3.05) is 0 Å². The number of aliphatic hydroxyl groups is 1. The zero-order valence-electron chi connectivity index (χ0n) is 10.8. The van der Waals surface area contributed by atoms with E-state index in [1.165, 1.54) is 25.1 Å². The maximum atomic E-state index is 12.7. The number of halogens is 4. The first-order valence-corrected chi connectivity index (χ1v) is 6.35. The van der Waals surface area contributed by atoms with Crippen LogP contribution in [0.3, 0.4) is 0 Å². The van der Waals surface area contributed by atoms with E-state index < -0.39 is 24.0 Å². The fraction of sp³-hybridized carbons (Fsp3) is 0.154. The van der Waals surface area contributed by atoms with Gasteiger partial charge in [-0.05, 0) is 24.3 Å². The van der Waals surface area contributed by atoms with Crippen molar-refractivity contribution in [3.05, 3.63) is 57.6 Å². The number of hydrogen-bond donors (Lipinski definition) is 1. The van der Waals surface area contributed by atoms with Gasteiger partial charge in [0.25, 0.3) is 0 Å². The van der Waals surface area contributed by atoms with Gasteiger partial charge in [-0.2, -0.15) is 0 Å². The van der Waals surface area contributed by atoms with Gasteiger partial charge in [0, 0.05) is 6.92 Å². The Balaban J connectivity index is 0.000000211. The quantitative estimate of drug-likeness (QED) is 0.675. The maximum absolute atomic E-state index is 12.7. The molecule has 1 N–H and O–H groups in total. The van der Waals surface area contributed by atoms with Crippen LogP contribution in [0.2, 0.25) is 10.3 Å². The van der Waals surface area contributed by atoms with E-state index in [1.54, 1.807) is 0 Å². The zero-order chi connectivity index (χ0) is 16.0. The number of carbonyl (C=O) groups excluding carboxylic acids is 1. The number of carbonyl (C=O) groups is 1. The Bertz CT molecular complexity index is 654. The SMILES string of the molecule is CC(=O)c1nc(Cl)ccc1F.OCc1nc(Cl)ccc1F. The van der Waals surface area contributed by atoms with Crippen LogP contribution >= 0.6 is 23.2 Å². The summed E-state index contributed by atoms with van der Waals surface area (Å²) >= 11 is 10.8. The number of hydrogen-bond acceptors (Lipinski definition) is 4. The summed E-state index contributed by atoms with van der Waals surface area (Å²) in [6.45, 7) is 0.814. The van der Waals surface area contributed by atoms with Crippen molar-refractivity contribution >= 4 is 29.0 Å². The Morgan fingerprint density at radius 3 is 2.05 bits per heavy atom. The Morgan fingerprint density at radius 1 is 1.10 bits per heavy atom. The molecule has 2 heterocycles. The monoisotopic (exact) mass is 334 g/mol. The third-order valence-electron chi connectivity index (χ3n) is 2.18. The van der Waals surface area contributed by atoms with Gasteiger partial charge >= 0.3 is 0 Å². The molecule has 21 heavy (non-hydrogen) atoms. The predicted molar refractivity (Wildman–Crippen MR) is 74.3 cm³/mol. The van der Waals surface area contributed by atoms with Gasteiger partial charge in [-0.3, -0.25) is 4.79 Å². The van der Waals surface area contributed by atoms with Gasteiger partial charge in [0.2, 0.25) is 0 Å². The molecular formula is C13H10Cl2F2N2O2. The van der Waals surface area contributed by atoms with E-state index in [0.29, 0.717) is 0 Å². The average Bonchev–Trinajstić information content (AvgIpc) is 2.44. The van der Waals surface area contributed by atoms with Crippen molar-refractivity contribution in [2.24, 2.45) is 0 Å². The Kier molecular flexibility index (Phi) is 6.61. The molecule has 0 unspecified atom stereocenters. The van der Waals surface area contributed by atoms with Gasteiger partial charge in [0.1, 0.15) is 27.5 Å². The van der Waals surface area contributed by atoms with Crippen LogP contribution in [0.15, 0.2) is 24.3 Å². The van der Waals surface area contributed by atoms with Gasteiger partial charge in [0.05, 0.1) is 6.61 Å². The third-order valence-corrected chi connectivity index (χ3v) is 2.60. The highest BCUT2D eigenvalue weighted by Crippen LogP contribution is 2.10. The van der Waals surface area contributed by atoms with Gasteiger partial charge in [0.15, 0.2) is 11.6 Å². The molecule has 8 heteroatoms. The average molecular weight is 335 g/mol. The van der Waals surface area contributed by atoms with Crippen LogP contribution in [0, 0.1) is 11.6 Å². The Labute approximate surface area is 129 Å². The first-order valence-electron chi connectivity index (χ1n) is 5.60. The lowest BCUT2D eigenvalue weighted by Gasteiger charge is -1.96. The molecule has 0 aromatic carbocycles. The van der Waals surface area contributed by atoms with Gasteiger partial charge in [-0.15, -0.1) is 0 Å². The molecular weight excluding hydrogens is 325 g/mol. The second kappa shape index (κ2) is 7.97. The predicted octanol–water partition coefficient (Wildman–Crippen LogP) is 3.44. The summed E-state index contributed by atoms with van der Waals surface area (Å²) in [4.78, 5) is 17.7. The summed E-state index contributed by atoms with van der Waals surface area (Å²) < 4.78 is 25.2. The zero-order valence-corrected chi connectivity index (χ0v) is 12.3. The Hall–Kier alpha value is -1.63. The van der Waals surface area contributed by atoms with Crippen molar-refractivity contribution < 1.29 is 18.7 Å². The fourth-order valence-electron chi connectivity index (χ4n) is 1.23. The first-order chi connectivity index (χ1) is 9.85. The molecule has 2 aromatic heterocycles. The van der Waals surface area contributed by atoms with Crippen LogP contribution < -0.4 is 0 Å². The largest absolute Gasteiger partial charge is 0.390 e. The number of rotatable bonds is 2. The van der Waals surface area contributed by atoms with Crippen molar-refractivity contribution in [1.29, 1.82) is 0 Å². The Morgan fingerprint density at radius 2 is 1.62 bits per heavy atom. The number of aromatic nitrogens is 2.